The number of carbonyl (C=O) groups is 1. The molecule has 0 aliphatic carbocycles. The number of para-hydroxylation sites is 1. The topological polar surface area (TPSA) is 50.2 Å². The number of nitrogens with zero attached hydrogens (tertiary/aromatic N) is 3. The van der Waals surface area contributed by atoms with Crippen LogP contribution in [0.2, 0.25) is 0 Å². The van der Waals surface area contributed by atoms with Crippen LogP contribution in [0.5, 0.6) is 0 Å². The Morgan fingerprint density at radius 2 is 2.30 bits per heavy atom. The van der Waals surface area contributed by atoms with Gasteiger partial charge in [-0.1, -0.05) is 18.2 Å². The highest BCUT2D eigenvalue weighted by Crippen LogP contribution is 2.26. The maximum absolute atomic E-state index is 12.5. The van der Waals surface area contributed by atoms with Gasteiger partial charge in [-0.05, 0) is 11.6 Å². The van der Waals surface area contributed by atoms with Crippen molar-refractivity contribution in [2.45, 2.75) is 19.0 Å². The van der Waals surface area contributed by atoms with Gasteiger partial charge in [0.05, 0.1) is 6.54 Å². The Morgan fingerprint density at radius 3 is 3.00 bits per heavy atom. The Bertz CT molecular complexity index is 609. The zero-order valence-corrected chi connectivity index (χ0v) is 11.7. The molecule has 0 saturated heterocycles. The third kappa shape index (κ3) is 2.27. The van der Waals surface area contributed by atoms with Crippen LogP contribution in [0.15, 0.2) is 36.7 Å². The van der Waals surface area contributed by atoms with E-state index < -0.39 is 0 Å². The van der Waals surface area contributed by atoms with Crippen molar-refractivity contribution < 1.29 is 4.79 Å². The molecular formula is C15H18N4O. The number of amides is 1. The number of nitrogens with one attached hydrogen (secondary N) is 1. The zero-order valence-electron chi connectivity index (χ0n) is 11.7. The molecule has 1 aromatic carbocycles. The van der Waals surface area contributed by atoms with Gasteiger partial charge in [0, 0.05) is 38.6 Å². The summed E-state index contributed by atoms with van der Waals surface area (Å²) in [5.41, 5.74) is 2.27. The molecule has 0 unspecified atom stereocenters. The first-order valence-electron chi connectivity index (χ1n) is 6.71. The van der Waals surface area contributed by atoms with Crippen LogP contribution >= 0.6 is 0 Å². The molecule has 1 atom stereocenters. The minimum absolute atomic E-state index is 0.101. The quantitative estimate of drug-likeness (QED) is 0.917. The molecule has 0 radical (unpaired) electrons. The van der Waals surface area contributed by atoms with Crippen molar-refractivity contribution in [1.29, 1.82) is 0 Å². The van der Waals surface area contributed by atoms with Crippen molar-refractivity contribution in [2.24, 2.45) is 7.05 Å². The number of carbonyl (C=O) groups excluding carboxylic acids is 1. The largest absolute Gasteiger partial charge is 0.373 e. The monoisotopic (exact) mass is 270 g/mol. The third-order valence-corrected chi connectivity index (χ3v) is 3.75. The Labute approximate surface area is 118 Å². The second kappa shape index (κ2) is 5.00. The molecule has 5 nitrogen and oxygen atoms in total. The molecular weight excluding hydrogens is 252 g/mol. The Balaban J connectivity index is 1.67. The highest BCUT2D eigenvalue weighted by molar-refractivity contribution is 5.87. The second-order valence-corrected chi connectivity index (χ2v) is 5.21. The second-order valence-electron chi connectivity index (χ2n) is 5.21. The molecule has 20 heavy (non-hydrogen) atoms. The summed E-state index contributed by atoms with van der Waals surface area (Å²) in [5.74, 6) is 0.987. The first-order chi connectivity index (χ1) is 9.65. The molecule has 1 amide bonds. The van der Waals surface area contributed by atoms with Crippen molar-refractivity contribution in [3.05, 3.63) is 48.0 Å². The van der Waals surface area contributed by atoms with Gasteiger partial charge in [-0.15, -0.1) is 0 Å². The highest BCUT2D eigenvalue weighted by atomic mass is 16.2. The summed E-state index contributed by atoms with van der Waals surface area (Å²) in [6.07, 6.45) is 4.38. The summed E-state index contributed by atoms with van der Waals surface area (Å²) >= 11 is 0. The summed E-state index contributed by atoms with van der Waals surface area (Å²) in [5, 5.41) is 3.29. The number of aromatic nitrogens is 2. The van der Waals surface area contributed by atoms with Gasteiger partial charge in [-0.2, -0.15) is 0 Å². The summed E-state index contributed by atoms with van der Waals surface area (Å²) in [6, 6.07) is 7.90. The standard InChI is InChI=1S/C15H18N4O/c1-18-8-7-16-14(18)10-19(2)15(20)13-9-11-5-3-4-6-12(11)17-13/h3-8,13,17H,9-10H2,1-2H3/t13-/m0/s1. The summed E-state index contributed by atoms with van der Waals surface area (Å²) in [7, 11) is 3.76. The molecule has 1 aliphatic rings. The van der Waals surface area contributed by atoms with Crippen LogP contribution in [0, 0.1) is 0 Å². The first kappa shape index (κ1) is 12.7. The van der Waals surface area contributed by atoms with Crippen LogP contribution in [0.3, 0.4) is 0 Å². The van der Waals surface area contributed by atoms with E-state index in [9.17, 15) is 4.79 Å². The van der Waals surface area contributed by atoms with E-state index in [1.165, 1.54) is 5.56 Å². The highest BCUT2D eigenvalue weighted by Gasteiger charge is 2.28. The van der Waals surface area contributed by atoms with Gasteiger partial charge in [0.2, 0.25) is 5.91 Å². The van der Waals surface area contributed by atoms with Gasteiger partial charge in [-0.25, -0.2) is 4.98 Å². The van der Waals surface area contributed by atoms with E-state index in [2.05, 4.69) is 16.4 Å². The molecule has 104 valence electrons. The summed E-state index contributed by atoms with van der Waals surface area (Å²) < 4.78 is 1.93. The van der Waals surface area contributed by atoms with E-state index in [4.69, 9.17) is 0 Å². The summed E-state index contributed by atoms with van der Waals surface area (Å²) in [6.45, 7) is 0.525. The average molecular weight is 270 g/mol. The fourth-order valence-electron chi connectivity index (χ4n) is 2.55. The van der Waals surface area contributed by atoms with Crippen LogP contribution in [0.1, 0.15) is 11.4 Å². The lowest BCUT2D eigenvalue weighted by molar-refractivity contribution is -0.131. The van der Waals surface area contributed by atoms with E-state index in [-0.39, 0.29) is 11.9 Å². The van der Waals surface area contributed by atoms with Crippen LogP contribution in [0.25, 0.3) is 0 Å². The molecule has 1 aliphatic heterocycles. The normalized spacial score (nSPS) is 16.6. The number of hydrogen-bond acceptors (Lipinski definition) is 3. The third-order valence-electron chi connectivity index (χ3n) is 3.75. The number of benzene rings is 1. The van der Waals surface area contributed by atoms with Crippen molar-refractivity contribution in [1.82, 2.24) is 14.5 Å². The minimum atomic E-state index is -0.169. The molecule has 0 spiro atoms. The lowest BCUT2D eigenvalue weighted by atomic mass is 10.1. The zero-order chi connectivity index (χ0) is 14.1. The fraction of sp³-hybridized carbons (Fsp3) is 0.333. The van der Waals surface area contributed by atoms with Gasteiger partial charge >= 0.3 is 0 Å². The van der Waals surface area contributed by atoms with Crippen LogP contribution < -0.4 is 5.32 Å². The molecule has 0 saturated carbocycles. The Hall–Kier alpha value is -2.30. The van der Waals surface area contributed by atoms with Gasteiger partial charge < -0.3 is 14.8 Å². The van der Waals surface area contributed by atoms with Crippen molar-refractivity contribution in [3.63, 3.8) is 0 Å². The van der Waals surface area contributed by atoms with Crippen molar-refractivity contribution in [2.75, 3.05) is 12.4 Å². The number of rotatable bonds is 3. The van der Waals surface area contributed by atoms with Gasteiger partial charge in [0.15, 0.2) is 0 Å². The number of anilines is 1. The minimum Gasteiger partial charge on any atom is -0.373 e. The van der Waals surface area contributed by atoms with Crippen molar-refractivity contribution >= 4 is 11.6 Å². The summed E-state index contributed by atoms with van der Waals surface area (Å²) in [4.78, 5) is 18.5. The number of fused-ring (bicyclic) bond motifs is 1. The maximum Gasteiger partial charge on any atom is 0.245 e. The molecule has 0 bridgehead atoms. The van der Waals surface area contributed by atoms with E-state index in [0.29, 0.717) is 6.54 Å². The number of imidazole rings is 1. The lowest BCUT2D eigenvalue weighted by Gasteiger charge is -2.21. The smallest absolute Gasteiger partial charge is 0.245 e. The molecule has 5 heteroatoms. The van der Waals surface area contributed by atoms with Crippen LogP contribution in [0.4, 0.5) is 5.69 Å². The number of aryl methyl sites for hydroxylation is 1. The molecule has 0 fully saturated rings. The number of hydrogen-bond donors (Lipinski definition) is 1. The SMILES string of the molecule is CN(Cc1nccn1C)C(=O)[C@@H]1Cc2ccccc2N1. The van der Waals surface area contributed by atoms with Crippen LogP contribution in [-0.2, 0) is 24.8 Å². The molecule has 2 heterocycles. The first-order valence-corrected chi connectivity index (χ1v) is 6.71. The fourth-order valence-corrected chi connectivity index (χ4v) is 2.55. The molecule has 2 aromatic rings. The average Bonchev–Trinajstić information content (AvgIpc) is 3.04. The predicted octanol–water partition coefficient (Wildman–Crippen LogP) is 1.42. The van der Waals surface area contributed by atoms with E-state index in [1.807, 2.05) is 43.1 Å². The molecule has 1 aromatic heterocycles. The van der Waals surface area contributed by atoms with Crippen LogP contribution in [-0.4, -0.2) is 33.4 Å². The predicted molar refractivity (Wildman–Crippen MR) is 77.2 cm³/mol. The Kier molecular flexibility index (Phi) is 3.18. The van der Waals surface area contributed by atoms with Gasteiger partial charge in [0.25, 0.3) is 0 Å². The Morgan fingerprint density at radius 1 is 1.50 bits per heavy atom. The molecule has 3 rings (SSSR count). The van der Waals surface area contributed by atoms with Gasteiger partial charge in [-0.3, -0.25) is 4.79 Å². The van der Waals surface area contributed by atoms with Gasteiger partial charge in [0.1, 0.15) is 11.9 Å². The van der Waals surface area contributed by atoms with E-state index in [1.54, 1.807) is 11.1 Å². The van der Waals surface area contributed by atoms with E-state index in [0.717, 1.165) is 17.9 Å². The van der Waals surface area contributed by atoms with E-state index >= 15 is 0 Å². The van der Waals surface area contributed by atoms with Crippen molar-refractivity contribution in [3.8, 4) is 0 Å². The lowest BCUT2D eigenvalue weighted by Crippen LogP contribution is -2.39. The number of likely N-dealkylation sites (N-methyl/N-ethyl adjacent to an activating group) is 1. The maximum atomic E-state index is 12.5. The molecule has 1 N–H and O–H groups in total.